The van der Waals surface area contributed by atoms with E-state index < -0.39 is 0 Å². The molecule has 1 aromatic carbocycles. The minimum absolute atomic E-state index is 1.15. The minimum Gasteiger partial charge on any atom is -0.0839 e. The van der Waals surface area contributed by atoms with Crippen LogP contribution in [-0.4, -0.2) is 0 Å². The molecule has 0 bridgehead atoms. The molecule has 0 N–H and O–H groups in total. The average Bonchev–Trinajstić information content (AvgIpc) is 2.41. The molecule has 1 aliphatic carbocycles. The third-order valence-electron chi connectivity index (χ3n) is 2.77. The first-order chi connectivity index (χ1) is 6.42. The smallest absolute Gasteiger partial charge is 0.0196 e. The molecule has 0 aromatic heterocycles. The van der Waals surface area contributed by atoms with E-state index in [1.807, 2.05) is 0 Å². The van der Waals surface area contributed by atoms with Crippen LogP contribution in [0.25, 0.3) is 6.08 Å². The van der Waals surface area contributed by atoms with Crippen molar-refractivity contribution in [1.82, 2.24) is 0 Å². The third kappa shape index (κ3) is 1.67. The molecule has 0 heterocycles. The Bertz CT molecular complexity index is 321. The standard InChI is InChI=1S/C13H16/c1-2-11-8-6-9-12-7-4-3-5-10-13(11)12/h5-6,8-10H,2-4,7H2,1H3. The second-order valence-corrected chi connectivity index (χ2v) is 3.64. The third-order valence-corrected chi connectivity index (χ3v) is 2.77. The molecule has 68 valence electrons. The second kappa shape index (κ2) is 3.78. The zero-order chi connectivity index (χ0) is 9.10. The van der Waals surface area contributed by atoms with E-state index in [0.29, 0.717) is 0 Å². The average molecular weight is 172 g/mol. The van der Waals surface area contributed by atoms with Crippen LogP contribution in [0.2, 0.25) is 0 Å². The molecule has 0 radical (unpaired) electrons. The number of hydrogen-bond acceptors (Lipinski definition) is 0. The largest absolute Gasteiger partial charge is 0.0839 e. The topological polar surface area (TPSA) is 0 Å². The van der Waals surface area contributed by atoms with Gasteiger partial charge in [-0.05, 0) is 42.4 Å². The molecule has 0 saturated carbocycles. The van der Waals surface area contributed by atoms with Crippen molar-refractivity contribution in [3.63, 3.8) is 0 Å². The monoisotopic (exact) mass is 172 g/mol. The highest BCUT2D eigenvalue weighted by molar-refractivity contribution is 5.59. The summed E-state index contributed by atoms with van der Waals surface area (Å²) in [4.78, 5) is 0. The summed E-state index contributed by atoms with van der Waals surface area (Å²) in [6.07, 6.45) is 9.55. The quantitative estimate of drug-likeness (QED) is 0.607. The normalized spacial score (nSPS) is 15.2. The number of hydrogen-bond donors (Lipinski definition) is 0. The first-order valence-electron chi connectivity index (χ1n) is 5.19. The highest BCUT2D eigenvalue weighted by Crippen LogP contribution is 2.22. The van der Waals surface area contributed by atoms with Crippen molar-refractivity contribution in [2.24, 2.45) is 0 Å². The Morgan fingerprint density at radius 3 is 3.08 bits per heavy atom. The van der Waals surface area contributed by atoms with Gasteiger partial charge in [0.1, 0.15) is 0 Å². The van der Waals surface area contributed by atoms with E-state index in [2.05, 4.69) is 37.3 Å². The van der Waals surface area contributed by atoms with Gasteiger partial charge in [0.25, 0.3) is 0 Å². The lowest BCUT2D eigenvalue weighted by Gasteiger charge is -2.08. The van der Waals surface area contributed by atoms with E-state index >= 15 is 0 Å². The molecule has 0 saturated heterocycles. The van der Waals surface area contributed by atoms with E-state index in [0.717, 1.165) is 6.42 Å². The van der Waals surface area contributed by atoms with Gasteiger partial charge in [-0.3, -0.25) is 0 Å². The molecule has 0 heteroatoms. The van der Waals surface area contributed by atoms with Crippen molar-refractivity contribution in [3.05, 3.63) is 41.0 Å². The van der Waals surface area contributed by atoms with Gasteiger partial charge in [0, 0.05) is 0 Å². The van der Waals surface area contributed by atoms with E-state index in [-0.39, 0.29) is 0 Å². The zero-order valence-electron chi connectivity index (χ0n) is 8.22. The van der Waals surface area contributed by atoms with Crippen molar-refractivity contribution in [2.45, 2.75) is 32.6 Å². The summed E-state index contributed by atoms with van der Waals surface area (Å²) in [7, 11) is 0. The number of benzene rings is 1. The van der Waals surface area contributed by atoms with Crippen molar-refractivity contribution >= 4 is 6.08 Å². The van der Waals surface area contributed by atoms with Gasteiger partial charge in [-0.2, -0.15) is 0 Å². The van der Waals surface area contributed by atoms with Crippen molar-refractivity contribution in [3.8, 4) is 0 Å². The van der Waals surface area contributed by atoms with Crippen LogP contribution in [0, 0.1) is 0 Å². The molecule has 0 unspecified atom stereocenters. The van der Waals surface area contributed by atoms with Crippen LogP contribution in [0.5, 0.6) is 0 Å². The van der Waals surface area contributed by atoms with Crippen LogP contribution in [0.15, 0.2) is 24.3 Å². The summed E-state index contributed by atoms with van der Waals surface area (Å²) in [6.45, 7) is 2.23. The van der Waals surface area contributed by atoms with E-state index in [4.69, 9.17) is 0 Å². The van der Waals surface area contributed by atoms with Crippen LogP contribution in [0.4, 0.5) is 0 Å². The fourth-order valence-electron chi connectivity index (χ4n) is 2.02. The van der Waals surface area contributed by atoms with Crippen LogP contribution < -0.4 is 0 Å². The molecule has 1 aliphatic rings. The maximum Gasteiger partial charge on any atom is -0.0196 e. The van der Waals surface area contributed by atoms with Gasteiger partial charge in [-0.25, -0.2) is 0 Å². The van der Waals surface area contributed by atoms with Crippen LogP contribution in [-0.2, 0) is 12.8 Å². The van der Waals surface area contributed by atoms with Crippen molar-refractivity contribution in [2.75, 3.05) is 0 Å². The zero-order valence-corrected chi connectivity index (χ0v) is 8.22. The van der Waals surface area contributed by atoms with Crippen molar-refractivity contribution < 1.29 is 0 Å². The summed E-state index contributed by atoms with van der Waals surface area (Å²) in [5, 5.41) is 0. The number of aryl methyl sites for hydroxylation is 2. The van der Waals surface area contributed by atoms with Gasteiger partial charge in [-0.15, -0.1) is 0 Å². The molecule has 2 rings (SSSR count). The Morgan fingerprint density at radius 1 is 1.31 bits per heavy atom. The van der Waals surface area contributed by atoms with E-state index in [1.165, 1.54) is 36.0 Å². The van der Waals surface area contributed by atoms with Crippen molar-refractivity contribution in [1.29, 1.82) is 0 Å². The molecular formula is C13H16. The van der Waals surface area contributed by atoms with Gasteiger partial charge < -0.3 is 0 Å². The molecule has 13 heavy (non-hydrogen) atoms. The number of fused-ring (bicyclic) bond motifs is 1. The lowest BCUT2D eigenvalue weighted by atomic mass is 9.98. The molecule has 0 fully saturated rings. The summed E-state index contributed by atoms with van der Waals surface area (Å²) < 4.78 is 0. The Kier molecular flexibility index (Phi) is 2.49. The predicted molar refractivity (Wildman–Crippen MR) is 57.8 cm³/mol. The van der Waals surface area contributed by atoms with Crippen LogP contribution in [0.3, 0.4) is 0 Å². The molecule has 0 aliphatic heterocycles. The highest BCUT2D eigenvalue weighted by atomic mass is 14.1. The lowest BCUT2D eigenvalue weighted by Crippen LogP contribution is -1.92. The maximum atomic E-state index is 2.31. The van der Waals surface area contributed by atoms with Gasteiger partial charge >= 0.3 is 0 Å². The maximum absolute atomic E-state index is 2.31. The summed E-state index contributed by atoms with van der Waals surface area (Å²) in [5.41, 5.74) is 4.52. The highest BCUT2D eigenvalue weighted by Gasteiger charge is 2.05. The first kappa shape index (κ1) is 8.55. The molecule has 0 nitrogen and oxygen atoms in total. The molecule has 0 spiro atoms. The molecule has 1 aromatic rings. The van der Waals surface area contributed by atoms with Crippen LogP contribution in [0.1, 0.15) is 36.5 Å². The summed E-state index contributed by atoms with van der Waals surface area (Å²) in [6, 6.07) is 6.70. The van der Waals surface area contributed by atoms with E-state index in [1.54, 1.807) is 0 Å². The fourth-order valence-corrected chi connectivity index (χ4v) is 2.02. The number of allylic oxidation sites excluding steroid dienone is 1. The van der Waals surface area contributed by atoms with Gasteiger partial charge in [0.2, 0.25) is 0 Å². The SMILES string of the molecule is CCc1cccc2c1C=CCCC2. The molecule has 0 atom stereocenters. The van der Waals surface area contributed by atoms with Crippen LogP contribution >= 0.6 is 0 Å². The van der Waals surface area contributed by atoms with Gasteiger partial charge in [0.15, 0.2) is 0 Å². The predicted octanol–water partition coefficient (Wildman–Crippen LogP) is 3.60. The minimum atomic E-state index is 1.15. The van der Waals surface area contributed by atoms with Gasteiger partial charge in [0.05, 0.1) is 0 Å². The van der Waals surface area contributed by atoms with E-state index in [9.17, 15) is 0 Å². The summed E-state index contributed by atoms with van der Waals surface area (Å²) in [5.74, 6) is 0. The van der Waals surface area contributed by atoms with Gasteiger partial charge in [-0.1, -0.05) is 37.3 Å². The molecular weight excluding hydrogens is 156 g/mol. The Hall–Kier alpha value is -1.04. The lowest BCUT2D eigenvalue weighted by molar-refractivity contribution is 0.850. The fraction of sp³-hybridized carbons (Fsp3) is 0.385. The first-order valence-corrected chi connectivity index (χ1v) is 5.19. The Labute approximate surface area is 80.3 Å². The Balaban J connectivity index is 2.50. The second-order valence-electron chi connectivity index (χ2n) is 3.64. The number of rotatable bonds is 1. The molecule has 0 amide bonds. The summed E-state index contributed by atoms with van der Waals surface area (Å²) >= 11 is 0. The Morgan fingerprint density at radius 2 is 2.23 bits per heavy atom.